The van der Waals surface area contributed by atoms with Gasteiger partial charge < -0.3 is 10.3 Å². The molecule has 0 bridgehead atoms. The summed E-state index contributed by atoms with van der Waals surface area (Å²) in [7, 11) is 0. The highest BCUT2D eigenvalue weighted by Crippen LogP contribution is 2.35. The number of amides is 1. The third-order valence-corrected chi connectivity index (χ3v) is 5.58. The number of nitrogens with one attached hydrogen (secondary N) is 3. The quantitative estimate of drug-likeness (QED) is 0.358. The molecule has 0 spiro atoms. The molecule has 0 radical (unpaired) electrons. The molecule has 3 heterocycles. The molecule has 5 rings (SSSR count). The summed E-state index contributed by atoms with van der Waals surface area (Å²) in [6, 6.07) is 11.5. The van der Waals surface area contributed by atoms with Gasteiger partial charge in [0.2, 0.25) is 0 Å². The second kappa shape index (κ2) is 6.70. The van der Waals surface area contributed by atoms with Gasteiger partial charge >= 0.3 is 6.18 Å². The van der Waals surface area contributed by atoms with Crippen LogP contribution in [0.5, 0.6) is 0 Å². The van der Waals surface area contributed by atoms with Crippen molar-refractivity contribution in [2.75, 3.05) is 5.32 Å². The average Bonchev–Trinajstić information content (AvgIpc) is 3.46. The Morgan fingerprint density at radius 2 is 1.97 bits per heavy atom. The molecule has 0 aliphatic rings. The molecule has 10 heteroatoms. The van der Waals surface area contributed by atoms with Crippen LogP contribution in [0, 0.1) is 0 Å². The lowest BCUT2D eigenvalue weighted by atomic mass is 9.99. The van der Waals surface area contributed by atoms with Crippen LogP contribution in [-0.2, 0) is 6.18 Å². The van der Waals surface area contributed by atoms with E-state index < -0.39 is 17.1 Å². The van der Waals surface area contributed by atoms with Gasteiger partial charge in [-0.15, -0.1) is 11.3 Å². The maximum atomic E-state index is 12.8. The number of thiazole rings is 1. The molecule has 0 aliphatic carbocycles. The molecular formula is C20H12F3N5OS. The van der Waals surface area contributed by atoms with Crippen LogP contribution in [0.2, 0.25) is 0 Å². The van der Waals surface area contributed by atoms with Gasteiger partial charge in [-0.05, 0) is 35.4 Å². The molecule has 0 fully saturated rings. The minimum atomic E-state index is -4.59. The second-order valence-corrected chi connectivity index (χ2v) is 7.45. The predicted octanol–water partition coefficient (Wildman–Crippen LogP) is 5.44. The van der Waals surface area contributed by atoms with Gasteiger partial charge in [-0.3, -0.25) is 9.89 Å². The number of alkyl halides is 3. The van der Waals surface area contributed by atoms with E-state index in [1.807, 2.05) is 36.5 Å². The number of fused-ring (bicyclic) bond motifs is 2. The summed E-state index contributed by atoms with van der Waals surface area (Å²) in [5, 5.41) is 11.2. The SMILES string of the molecule is O=C(Nc1cc(-c2cccc3[nH]ccc23)cc2[nH]ncc12)c1csc(C(F)(F)F)n1. The molecule has 0 saturated heterocycles. The van der Waals surface area contributed by atoms with Crippen molar-refractivity contribution >= 4 is 44.7 Å². The lowest BCUT2D eigenvalue weighted by molar-refractivity contribution is -0.137. The minimum absolute atomic E-state index is 0.290. The molecule has 3 aromatic heterocycles. The summed E-state index contributed by atoms with van der Waals surface area (Å²) in [5.41, 5.74) is 3.54. The third kappa shape index (κ3) is 3.11. The zero-order valence-corrected chi connectivity index (χ0v) is 15.9. The molecule has 0 saturated carbocycles. The Hall–Kier alpha value is -3.66. The van der Waals surface area contributed by atoms with Crippen LogP contribution in [0.1, 0.15) is 15.5 Å². The van der Waals surface area contributed by atoms with Crippen molar-refractivity contribution in [3.63, 3.8) is 0 Å². The van der Waals surface area contributed by atoms with Crippen LogP contribution in [0.15, 0.2) is 54.2 Å². The summed E-state index contributed by atoms with van der Waals surface area (Å²) in [6.07, 6.45) is -1.20. The number of halogens is 3. The van der Waals surface area contributed by atoms with E-state index in [0.717, 1.165) is 27.4 Å². The van der Waals surface area contributed by atoms with Gasteiger partial charge in [0.25, 0.3) is 5.91 Å². The highest BCUT2D eigenvalue weighted by atomic mass is 32.1. The molecule has 0 unspecified atom stereocenters. The number of anilines is 1. The van der Waals surface area contributed by atoms with Crippen LogP contribution in [0.3, 0.4) is 0 Å². The van der Waals surface area contributed by atoms with Crippen LogP contribution in [-0.4, -0.2) is 26.1 Å². The van der Waals surface area contributed by atoms with Gasteiger partial charge in [0.05, 0.1) is 17.4 Å². The first-order chi connectivity index (χ1) is 14.4. The number of aromatic nitrogens is 4. The number of rotatable bonds is 3. The largest absolute Gasteiger partial charge is 0.443 e. The van der Waals surface area contributed by atoms with Crippen LogP contribution >= 0.6 is 11.3 Å². The second-order valence-electron chi connectivity index (χ2n) is 6.59. The number of carbonyl (C=O) groups is 1. The first kappa shape index (κ1) is 18.4. The number of carbonyl (C=O) groups excluding carboxylic acids is 1. The zero-order valence-electron chi connectivity index (χ0n) is 15.0. The Labute approximate surface area is 170 Å². The molecule has 3 N–H and O–H groups in total. The monoisotopic (exact) mass is 427 g/mol. The lowest BCUT2D eigenvalue weighted by Gasteiger charge is -2.10. The molecule has 2 aromatic carbocycles. The van der Waals surface area contributed by atoms with E-state index in [-0.39, 0.29) is 5.69 Å². The first-order valence-electron chi connectivity index (χ1n) is 8.78. The summed E-state index contributed by atoms with van der Waals surface area (Å²) in [4.78, 5) is 19.1. The summed E-state index contributed by atoms with van der Waals surface area (Å²) in [6.45, 7) is 0. The molecule has 1 amide bonds. The Kier molecular flexibility index (Phi) is 4.10. The van der Waals surface area contributed by atoms with Crippen molar-refractivity contribution < 1.29 is 18.0 Å². The fourth-order valence-corrected chi connectivity index (χ4v) is 4.01. The Morgan fingerprint density at radius 1 is 1.10 bits per heavy atom. The third-order valence-electron chi connectivity index (χ3n) is 4.69. The van der Waals surface area contributed by atoms with Crippen LogP contribution in [0.25, 0.3) is 32.9 Å². The molecule has 150 valence electrons. The van der Waals surface area contributed by atoms with Gasteiger partial charge in [0.15, 0.2) is 5.01 Å². The summed E-state index contributed by atoms with van der Waals surface area (Å²) in [5.74, 6) is -0.721. The maximum Gasteiger partial charge on any atom is 0.443 e. The van der Waals surface area contributed by atoms with Crippen LogP contribution in [0.4, 0.5) is 18.9 Å². The van der Waals surface area contributed by atoms with Gasteiger partial charge in [-0.1, -0.05) is 12.1 Å². The van der Waals surface area contributed by atoms with Crippen molar-refractivity contribution in [3.8, 4) is 11.1 Å². The van der Waals surface area contributed by atoms with E-state index in [2.05, 4.69) is 25.5 Å². The summed E-state index contributed by atoms with van der Waals surface area (Å²) < 4.78 is 38.4. The normalized spacial score (nSPS) is 12.0. The van der Waals surface area contributed by atoms with Crippen LogP contribution < -0.4 is 5.32 Å². The fraction of sp³-hybridized carbons (Fsp3) is 0.0500. The van der Waals surface area contributed by atoms with E-state index in [9.17, 15) is 18.0 Å². The van der Waals surface area contributed by atoms with Gasteiger partial charge in [-0.2, -0.15) is 18.3 Å². The van der Waals surface area contributed by atoms with Crippen molar-refractivity contribution in [3.05, 3.63) is 64.9 Å². The number of benzene rings is 2. The number of hydrogen-bond donors (Lipinski definition) is 3. The smallest absolute Gasteiger partial charge is 0.361 e. The van der Waals surface area contributed by atoms with Gasteiger partial charge in [0, 0.05) is 27.9 Å². The van der Waals surface area contributed by atoms with E-state index in [1.54, 1.807) is 12.3 Å². The fourth-order valence-electron chi connectivity index (χ4n) is 3.34. The standard InChI is InChI=1S/C20H12F3N5OS/c21-20(22,23)19-27-17(9-30-19)18(29)26-15-6-10(7-16-13(15)8-25-28-16)11-2-1-3-14-12(11)4-5-24-14/h1-9,24H,(H,25,28)(H,26,29). The zero-order chi connectivity index (χ0) is 20.9. The topological polar surface area (TPSA) is 86.5 Å². The molecular weight excluding hydrogens is 415 g/mol. The number of aromatic amines is 2. The maximum absolute atomic E-state index is 12.8. The Bertz CT molecular complexity index is 1400. The van der Waals surface area contributed by atoms with Gasteiger partial charge in [0.1, 0.15) is 5.69 Å². The van der Waals surface area contributed by atoms with E-state index in [1.165, 1.54) is 0 Å². The van der Waals surface area contributed by atoms with E-state index in [0.29, 0.717) is 27.9 Å². The Morgan fingerprint density at radius 3 is 2.77 bits per heavy atom. The number of H-pyrrole nitrogens is 2. The first-order valence-corrected chi connectivity index (χ1v) is 9.66. The number of nitrogens with zero attached hydrogens (tertiary/aromatic N) is 2. The molecule has 30 heavy (non-hydrogen) atoms. The van der Waals surface area contributed by atoms with Crippen molar-refractivity contribution in [2.45, 2.75) is 6.18 Å². The molecule has 0 atom stereocenters. The van der Waals surface area contributed by atoms with E-state index >= 15 is 0 Å². The molecule has 5 aromatic rings. The number of hydrogen-bond acceptors (Lipinski definition) is 4. The highest BCUT2D eigenvalue weighted by Gasteiger charge is 2.35. The van der Waals surface area contributed by atoms with Crippen molar-refractivity contribution in [1.82, 2.24) is 20.2 Å². The molecule has 6 nitrogen and oxygen atoms in total. The summed E-state index contributed by atoms with van der Waals surface area (Å²) >= 11 is 0.384. The lowest BCUT2D eigenvalue weighted by Crippen LogP contribution is -2.14. The Balaban J connectivity index is 1.56. The highest BCUT2D eigenvalue weighted by molar-refractivity contribution is 7.10. The minimum Gasteiger partial charge on any atom is -0.361 e. The van der Waals surface area contributed by atoms with Crippen molar-refractivity contribution in [1.29, 1.82) is 0 Å². The molecule has 0 aliphatic heterocycles. The average molecular weight is 427 g/mol. The van der Waals surface area contributed by atoms with Gasteiger partial charge in [-0.25, -0.2) is 4.98 Å². The predicted molar refractivity (Wildman–Crippen MR) is 108 cm³/mol. The van der Waals surface area contributed by atoms with E-state index in [4.69, 9.17) is 0 Å². The van der Waals surface area contributed by atoms with Crippen molar-refractivity contribution in [2.24, 2.45) is 0 Å².